The van der Waals surface area contributed by atoms with Crippen LogP contribution in [0.1, 0.15) is 48.2 Å². The lowest BCUT2D eigenvalue weighted by atomic mass is 10.1. The monoisotopic (exact) mass is 400 g/mol. The van der Waals surface area contributed by atoms with Gasteiger partial charge in [-0.05, 0) is 44.4 Å². The van der Waals surface area contributed by atoms with Gasteiger partial charge in [-0.15, -0.1) is 11.3 Å². The number of hydrogen-bond donors (Lipinski definition) is 1. The molecule has 1 N–H and O–H groups in total. The molecule has 2 aromatic rings. The lowest BCUT2D eigenvalue weighted by Crippen LogP contribution is -2.14. The van der Waals surface area contributed by atoms with Gasteiger partial charge >= 0.3 is 5.97 Å². The second-order valence-corrected chi connectivity index (χ2v) is 7.57. The van der Waals surface area contributed by atoms with Gasteiger partial charge < -0.3 is 9.30 Å². The van der Waals surface area contributed by atoms with E-state index < -0.39 is 11.9 Å². The fourth-order valence-corrected chi connectivity index (χ4v) is 3.39. The zero-order valence-electron chi connectivity index (χ0n) is 16.7. The van der Waals surface area contributed by atoms with Crippen LogP contribution in [-0.4, -0.2) is 28.0 Å². The molecule has 0 aromatic carbocycles. The summed E-state index contributed by atoms with van der Waals surface area (Å²) in [6.07, 6.45) is 1.58. The number of amides is 1. The summed E-state index contributed by atoms with van der Waals surface area (Å²) < 4.78 is 7.05. The van der Waals surface area contributed by atoms with Gasteiger partial charge in [-0.1, -0.05) is 13.8 Å². The van der Waals surface area contributed by atoms with Crippen molar-refractivity contribution >= 4 is 34.4 Å². The summed E-state index contributed by atoms with van der Waals surface area (Å²) in [6, 6.07) is 3.91. The van der Waals surface area contributed by atoms with Crippen molar-refractivity contribution in [3.8, 4) is 6.07 Å². The third kappa shape index (κ3) is 5.08. The zero-order chi connectivity index (χ0) is 20.8. The van der Waals surface area contributed by atoms with Crippen molar-refractivity contribution in [3.63, 3.8) is 0 Å². The highest BCUT2D eigenvalue weighted by atomic mass is 32.1. The van der Waals surface area contributed by atoms with Crippen LogP contribution in [0.3, 0.4) is 0 Å². The minimum atomic E-state index is -0.569. The van der Waals surface area contributed by atoms with Crippen molar-refractivity contribution in [3.05, 3.63) is 39.7 Å². The molecule has 2 aromatic heterocycles. The number of rotatable bonds is 7. The first kappa shape index (κ1) is 21.4. The Bertz CT molecular complexity index is 947. The number of thiazole rings is 1. The Labute approximate surface area is 168 Å². The number of ether oxygens (including phenoxy) is 1. The number of anilines is 1. The number of nitrogens with one attached hydrogen (secondary N) is 1. The Hall–Kier alpha value is -2.92. The molecule has 0 aliphatic rings. The smallest absolute Gasteiger partial charge is 0.357 e. The summed E-state index contributed by atoms with van der Waals surface area (Å²) in [5, 5.41) is 13.7. The molecule has 0 atom stereocenters. The molecule has 28 heavy (non-hydrogen) atoms. The van der Waals surface area contributed by atoms with Crippen LogP contribution >= 0.6 is 11.3 Å². The Morgan fingerprint density at radius 3 is 2.75 bits per heavy atom. The van der Waals surface area contributed by atoms with E-state index in [2.05, 4.69) is 28.7 Å². The quantitative estimate of drug-likeness (QED) is 0.431. The third-order valence-electron chi connectivity index (χ3n) is 4.03. The van der Waals surface area contributed by atoms with Crippen molar-refractivity contribution in [1.29, 1.82) is 5.26 Å². The van der Waals surface area contributed by atoms with Crippen molar-refractivity contribution in [1.82, 2.24) is 9.55 Å². The molecule has 0 saturated heterocycles. The molecule has 0 spiro atoms. The van der Waals surface area contributed by atoms with E-state index in [-0.39, 0.29) is 23.0 Å². The topological polar surface area (TPSA) is 97.0 Å². The molecule has 7 nitrogen and oxygen atoms in total. The number of esters is 1. The van der Waals surface area contributed by atoms with Crippen LogP contribution in [0.15, 0.2) is 17.0 Å². The summed E-state index contributed by atoms with van der Waals surface area (Å²) in [5.41, 5.74) is 3.01. The van der Waals surface area contributed by atoms with Crippen LogP contribution < -0.4 is 5.32 Å². The van der Waals surface area contributed by atoms with Gasteiger partial charge in [0, 0.05) is 23.3 Å². The predicted molar refractivity (Wildman–Crippen MR) is 109 cm³/mol. The maximum atomic E-state index is 12.5. The number of carbonyl (C=O) groups excluding carboxylic acids is 2. The molecule has 8 heteroatoms. The first-order valence-corrected chi connectivity index (χ1v) is 9.87. The Morgan fingerprint density at radius 2 is 2.14 bits per heavy atom. The van der Waals surface area contributed by atoms with E-state index >= 15 is 0 Å². The van der Waals surface area contributed by atoms with Gasteiger partial charge in [0.15, 0.2) is 10.8 Å². The standard InChI is InChI=1S/C20H24N4O3S/c1-6-27-19(26)17-11-28-20(22-17)23-18(25)16(9-21)8-15-7-13(4)24(14(15)5)10-12(2)3/h7-8,11-12H,6,10H2,1-5H3,(H,22,23,25)/b16-8+. The molecule has 0 radical (unpaired) electrons. The van der Waals surface area contributed by atoms with Crippen LogP contribution in [0, 0.1) is 31.1 Å². The maximum Gasteiger partial charge on any atom is 0.357 e. The largest absolute Gasteiger partial charge is 0.461 e. The van der Waals surface area contributed by atoms with E-state index in [1.54, 1.807) is 13.0 Å². The molecule has 0 aliphatic heterocycles. The van der Waals surface area contributed by atoms with Crippen LogP contribution in [0.5, 0.6) is 0 Å². The fraction of sp³-hybridized carbons (Fsp3) is 0.400. The van der Waals surface area contributed by atoms with Crippen molar-refractivity contribution < 1.29 is 14.3 Å². The number of carbonyl (C=O) groups is 2. The molecular weight excluding hydrogens is 376 g/mol. The molecule has 148 valence electrons. The number of aryl methyl sites for hydroxylation is 1. The molecule has 0 saturated carbocycles. The maximum absolute atomic E-state index is 12.5. The summed E-state index contributed by atoms with van der Waals surface area (Å²) in [4.78, 5) is 28.2. The first-order valence-electron chi connectivity index (χ1n) is 8.99. The summed E-state index contributed by atoms with van der Waals surface area (Å²) in [6.45, 7) is 11.1. The Balaban J connectivity index is 2.20. The Kier molecular flexibility index (Phi) is 7.12. The molecule has 2 heterocycles. The van der Waals surface area contributed by atoms with Crippen LogP contribution in [0.2, 0.25) is 0 Å². The molecule has 0 fully saturated rings. The first-order chi connectivity index (χ1) is 13.3. The van der Waals surface area contributed by atoms with E-state index in [1.807, 2.05) is 26.0 Å². The number of nitrogens with zero attached hydrogens (tertiary/aromatic N) is 3. The Morgan fingerprint density at radius 1 is 1.43 bits per heavy atom. The molecule has 1 amide bonds. The fourth-order valence-electron chi connectivity index (χ4n) is 2.72. The van der Waals surface area contributed by atoms with Gasteiger partial charge in [-0.2, -0.15) is 5.26 Å². The van der Waals surface area contributed by atoms with Crippen molar-refractivity contribution in [2.45, 2.75) is 41.2 Å². The summed E-state index contributed by atoms with van der Waals surface area (Å²) >= 11 is 1.10. The molecular formula is C20H24N4O3S. The highest BCUT2D eigenvalue weighted by molar-refractivity contribution is 7.14. The average Bonchev–Trinajstić information content (AvgIpc) is 3.19. The molecule has 0 unspecified atom stereocenters. The van der Waals surface area contributed by atoms with E-state index in [9.17, 15) is 14.9 Å². The zero-order valence-corrected chi connectivity index (χ0v) is 17.5. The van der Waals surface area contributed by atoms with Gasteiger partial charge in [-0.3, -0.25) is 10.1 Å². The SMILES string of the molecule is CCOC(=O)c1csc(NC(=O)/C(C#N)=C/c2cc(C)n(CC(C)C)c2C)n1. The summed E-state index contributed by atoms with van der Waals surface area (Å²) in [7, 11) is 0. The van der Waals surface area contributed by atoms with E-state index in [1.165, 1.54) is 5.38 Å². The highest BCUT2D eigenvalue weighted by Crippen LogP contribution is 2.21. The van der Waals surface area contributed by atoms with E-state index in [0.717, 1.165) is 34.8 Å². The van der Waals surface area contributed by atoms with Crippen LogP contribution in [0.25, 0.3) is 6.08 Å². The van der Waals surface area contributed by atoms with Crippen LogP contribution in [-0.2, 0) is 16.1 Å². The second kappa shape index (κ2) is 9.33. The minimum Gasteiger partial charge on any atom is -0.461 e. The molecule has 0 bridgehead atoms. The van der Waals surface area contributed by atoms with Gasteiger partial charge in [0.2, 0.25) is 0 Å². The van der Waals surface area contributed by atoms with E-state index in [0.29, 0.717) is 5.92 Å². The van der Waals surface area contributed by atoms with Crippen LogP contribution in [0.4, 0.5) is 5.13 Å². The van der Waals surface area contributed by atoms with Crippen molar-refractivity contribution in [2.24, 2.45) is 5.92 Å². The molecule has 0 aliphatic carbocycles. The lowest BCUT2D eigenvalue weighted by Gasteiger charge is -2.12. The van der Waals surface area contributed by atoms with Gasteiger partial charge in [0.1, 0.15) is 11.6 Å². The van der Waals surface area contributed by atoms with Crippen molar-refractivity contribution in [2.75, 3.05) is 11.9 Å². The molecule has 2 rings (SSSR count). The average molecular weight is 401 g/mol. The highest BCUT2D eigenvalue weighted by Gasteiger charge is 2.17. The van der Waals surface area contributed by atoms with Gasteiger partial charge in [0.05, 0.1) is 6.61 Å². The number of aromatic nitrogens is 2. The van der Waals surface area contributed by atoms with Gasteiger partial charge in [0.25, 0.3) is 5.91 Å². The number of hydrogen-bond acceptors (Lipinski definition) is 6. The normalized spacial score (nSPS) is 11.4. The van der Waals surface area contributed by atoms with Gasteiger partial charge in [-0.25, -0.2) is 9.78 Å². The minimum absolute atomic E-state index is 0.0299. The summed E-state index contributed by atoms with van der Waals surface area (Å²) in [5.74, 6) is -0.632. The third-order valence-corrected chi connectivity index (χ3v) is 4.79. The van der Waals surface area contributed by atoms with E-state index in [4.69, 9.17) is 4.74 Å². The second-order valence-electron chi connectivity index (χ2n) is 6.71. The number of nitriles is 1. The lowest BCUT2D eigenvalue weighted by molar-refractivity contribution is -0.112. The predicted octanol–water partition coefficient (Wildman–Crippen LogP) is 3.94.